The summed E-state index contributed by atoms with van der Waals surface area (Å²) in [6, 6.07) is 14.0. The highest BCUT2D eigenvalue weighted by Gasteiger charge is 2.23. The second-order valence-electron chi connectivity index (χ2n) is 8.95. The molecule has 0 spiro atoms. The smallest absolute Gasteiger partial charge is 0.344 e. The molecule has 0 saturated carbocycles. The van der Waals surface area contributed by atoms with Crippen molar-refractivity contribution in [3.05, 3.63) is 65.5 Å². The van der Waals surface area contributed by atoms with Crippen molar-refractivity contribution in [2.75, 3.05) is 32.8 Å². The van der Waals surface area contributed by atoms with E-state index in [9.17, 15) is 14.0 Å². The second kappa shape index (κ2) is 10.6. The van der Waals surface area contributed by atoms with Crippen LogP contribution >= 0.6 is 0 Å². The third kappa shape index (κ3) is 7.34. The molecule has 1 heterocycles. The minimum absolute atomic E-state index is 0.114. The molecule has 3 rings (SSSR count). The van der Waals surface area contributed by atoms with E-state index in [1.165, 1.54) is 18.2 Å². The Morgan fingerprint density at radius 2 is 1.69 bits per heavy atom. The molecule has 0 N–H and O–H groups in total. The van der Waals surface area contributed by atoms with Crippen molar-refractivity contribution >= 4 is 11.9 Å². The molecule has 6 nitrogen and oxygen atoms in total. The number of benzene rings is 2. The van der Waals surface area contributed by atoms with Gasteiger partial charge < -0.3 is 14.4 Å². The molecule has 2 aromatic carbocycles. The molecule has 1 aliphatic heterocycles. The molecule has 1 amide bonds. The Morgan fingerprint density at radius 1 is 1.00 bits per heavy atom. The van der Waals surface area contributed by atoms with Crippen molar-refractivity contribution in [2.45, 2.75) is 39.3 Å². The van der Waals surface area contributed by atoms with Crippen molar-refractivity contribution in [2.24, 2.45) is 0 Å². The van der Waals surface area contributed by atoms with Gasteiger partial charge in [0.25, 0.3) is 0 Å². The number of rotatable bonds is 7. The first kappa shape index (κ1) is 23.7. The number of nitrogens with zero attached hydrogens (tertiary/aromatic N) is 2. The van der Waals surface area contributed by atoms with Gasteiger partial charge in [-0.05, 0) is 44.5 Å². The molecule has 7 heteroatoms. The van der Waals surface area contributed by atoms with E-state index in [1.807, 2.05) is 35.2 Å². The maximum atomic E-state index is 13.9. The molecule has 172 valence electrons. The Hall–Kier alpha value is -2.93. The van der Waals surface area contributed by atoms with Crippen LogP contribution in [0.4, 0.5) is 4.39 Å². The van der Waals surface area contributed by atoms with Gasteiger partial charge in [-0.3, -0.25) is 9.69 Å². The highest BCUT2D eigenvalue weighted by Crippen LogP contribution is 2.23. The van der Waals surface area contributed by atoms with Crippen molar-refractivity contribution in [1.29, 1.82) is 0 Å². The zero-order chi connectivity index (χ0) is 23.1. The summed E-state index contributed by atoms with van der Waals surface area (Å²) in [7, 11) is 0. The van der Waals surface area contributed by atoms with Crippen LogP contribution in [0.2, 0.25) is 0 Å². The van der Waals surface area contributed by atoms with Crippen LogP contribution in [0.5, 0.6) is 5.75 Å². The van der Waals surface area contributed by atoms with Gasteiger partial charge in [-0.2, -0.15) is 0 Å². The van der Waals surface area contributed by atoms with E-state index in [2.05, 4.69) is 4.90 Å². The maximum absolute atomic E-state index is 13.9. The topological polar surface area (TPSA) is 59.1 Å². The molecule has 0 aliphatic carbocycles. The molecule has 1 aliphatic rings. The Labute approximate surface area is 188 Å². The number of ether oxygens (including phenoxy) is 2. The van der Waals surface area contributed by atoms with E-state index >= 15 is 0 Å². The second-order valence-corrected chi connectivity index (χ2v) is 8.95. The van der Waals surface area contributed by atoms with Crippen LogP contribution in [-0.4, -0.2) is 60.1 Å². The zero-order valence-corrected chi connectivity index (χ0v) is 19.0. The summed E-state index contributed by atoms with van der Waals surface area (Å²) < 4.78 is 24.8. The lowest BCUT2D eigenvalue weighted by atomic mass is 10.1. The van der Waals surface area contributed by atoms with Crippen LogP contribution in [0.15, 0.2) is 48.5 Å². The summed E-state index contributed by atoms with van der Waals surface area (Å²) in [5, 5.41) is 0. The fraction of sp³-hybridized carbons (Fsp3) is 0.440. The molecule has 0 aromatic heterocycles. The molecule has 32 heavy (non-hydrogen) atoms. The number of hydrogen-bond acceptors (Lipinski definition) is 5. The van der Waals surface area contributed by atoms with Gasteiger partial charge in [0.2, 0.25) is 5.91 Å². The molecular formula is C25H31FN2O4. The van der Waals surface area contributed by atoms with Crippen molar-refractivity contribution in [3.63, 3.8) is 0 Å². The zero-order valence-electron chi connectivity index (χ0n) is 19.0. The number of halogens is 1. The first-order chi connectivity index (χ1) is 15.2. The predicted octanol–water partition coefficient (Wildman–Crippen LogP) is 3.43. The van der Waals surface area contributed by atoms with E-state index in [0.717, 1.165) is 5.56 Å². The Kier molecular flexibility index (Phi) is 7.85. The van der Waals surface area contributed by atoms with Crippen LogP contribution < -0.4 is 4.74 Å². The minimum atomic E-state index is -0.594. The minimum Gasteiger partial charge on any atom is -0.482 e. The normalized spacial score (nSPS) is 14.8. The first-order valence-corrected chi connectivity index (χ1v) is 10.9. The fourth-order valence-electron chi connectivity index (χ4n) is 3.60. The molecule has 2 aromatic rings. The highest BCUT2D eigenvalue weighted by atomic mass is 19.1. The van der Waals surface area contributed by atoms with E-state index in [1.54, 1.807) is 20.8 Å². The Bertz CT molecular complexity index is 919. The van der Waals surface area contributed by atoms with Crippen molar-refractivity contribution in [3.8, 4) is 5.75 Å². The van der Waals surface area contributed by atoms with Gasteiger partial charge in [0.05, 0.1) is 6.42 Å². The van der Waals surface area contributed by atoms with Gasteiger partial charge >= 0.3 is 5.97 Å². The number of carbonyl (C=O) groups excluding carboxylic acids is 2. The van der Waals surface area contributed by atoms with Crippen LogP contribution in [0, 0.1) is 5.82 Å². The average molecular weight is 443 g/mol. The summed E-state index contributed by atoms with van der Waals surface area (Å²) in [6.07, 6.45) is 0.396. The lowest BCUT2D eigenvalue weighted by Crippen LogP contribution is -2.48. The van der Waals surface area contributed by atoms with E-state index in [4.69, 9.17) is 9.47 Å². The number of amides is 1. The molecule has 0 bridgehead atoms. The summed E-state index contributed by atoms with van der Waals surface area (Å²) in [4.78, 5) is 28.6. The quantitative estimate of drug-likeness (QED) is 0.615. The number of carbonyl (C=O) groups is 2. The van der Waals surface area contributed by atoms with Crippen LogP contribution in [0.25, 0.3) is 0 Å². The van der Waals surface area contributed by atoms with E-state index in [0.29, 0.717) is 50.5 Å². The van der Waals surface area contributed by atoms with E-state index < -0.39 is 11.6 Å². The summed E-state index contributed by atoms with van der Waals surface area (Å²) >= 11 is 0. The van der Waals surface area contributed by atoms with Gasteiger partial charge in [-0.1, -0.05) is 30.3 Å². The number of piperazine rings is 1. The lowest BCUT2D eigenvalue weighted by Gasteiger charge is -2.35. The van der Waals surface area contributed by atoms with Crippen LogP contribution in [0.3, 0.4) is 0 Å². The molecule has 1 fully saturated rings. The predicted molar refractivity (Wildman–Crippen MR) is 120 cm³/mol. The largest absolute Gasteiger partial charge is 0.482 e. The average Bonchev–Trinajstić information content (AvgIpc) is 2.73. The SMILES string of the molecule is CC(C)(C)OC(=O)COc1ccc(F)cc1CN1CCN(C(=O)Cc2ccccc2)CC1. The molecule has 0 radical (unpaired) electrons. The van der Waals surface area contributed by atoms with Gasteiger partial charge in [-0.15, -0.1) is 0 Å². The molecule has 0 atom stereocenters. The summed E-state index contributed by atoms with van der Waals surface area (Å²) in [5.41, 5.74) is 1.08. The standard InChI is InChI=1S/C25H31FN2O4/c1-25(2,3)32-24(30)18-31-22-10-9-21(26)16-20(22)17-27-11-13-28(14-12-27)23(29)15-19-7-5-4-6-8-19/h4-10,16H,11-15,17-18H2,1-3H3. The monoisotopic (exact) mass is 442 g/mol. The summed E-state index contributed by atoms with van der Waals surface area (Å²) in [5.74, 6) is -0.262. The van der Waals surface area contributed by atoms with E-state index in [-0.39, 0.29) is 18.3 Å². The van der Waals surface area contributed by atoms with Gasteiger partial charge in [0, 0.05) is 38.3 Å². The Balaban J connectivity index is 1.53. The Morgan fingerprint density at radius 3 is 2.34 bits per heavy atom. The number of esters is 1. The van der Waals surface area contributed by atoms with Crippen molar-refractivity contribution < 1.29 is 23.5 Å². The van der Waals surface area contributed by atoms with Gasteiger partial charge in [0.1, 0.15) is 17.2 Å². The third-order valence-electron chi connectivity index (χ3n) is 5.11. The van der Waals surface area contributed by atoms with Crippen LogP contribution in [0.1, 0.15) is 31.9 Å². The molecular weight excluding hydrogens is 411 g/mol. The van der Waals surface area contributed by atoms with Gasteiger partial charge in [-0.25, -0.2) is 9.18 Å². The third-order valence-corrected chi connectivity index (χ3v) is 5.11. The van der Waals surface area contributed by atoms with Crippen LogP contribution in [-0.2, 0) is 27.3 Å². The first-order valence-electron chi connectivity index (χ1n) is 10.9. The highest BCUT2D eigenvalue weighted by molar-refractivity contribution is 5.78. The fourth-order valence-corrected chi connectivity index (χ4v) is 3.60. The molecule has 0 unspecified atom stereocenters. The maximum Gasteiger partial charge on any atom is 0.344 e. The number of hydrogen-bond donors (Lipinski definition) is 0. The molecule has 1 saturated heterocycles. The van der Waals surface area contributed by atoms with Crippen molar-refractivity contribution in [1.82, 2.24) is 9.80 Å². The summed E-state index contributed by atoms with van der Waals surface area (Å²) in [6.45, 7) is 8.21. The van der Waals surface area contributed by atoms with Gasteiger partial charge in [0.15, 0.2) is 6.61 Å². The lowest BCUT2D eigenvalue weighted by molar-refractivity contribution is -0.157.